The van der Waals surface area contributed by atoms with Gasteiger partial charge in [-0.3, -0.25) is 24.3 Å². The Kier molecular flexibility index (Phi) is 5.47. The molecule has 0 unspecified atom stereocenters. The monoisotopic (exact) mass is 407 g/mol. The Hall–Kier alpha value is -3.68. The first kappa shape index (κ1) is 19.6. The number of hydrogen-bond donors (Lipinski definition) is 2. The number of benzene rings is 2. The number of aromatic nitrogens is 2. The van der Waals surface area contributed by atoms with E-state index in [2.05, 4.69) is 10.4 Å². The minimum atomic E-state index is -1.06. The second-order valence-corrected chi connectivity index (χ2v) is 7.26. The average molecular weight is 407 g/mol. The highest BCUT2D eigenvalue weighted by molar-refractivity contribution is 5.85. The highest BCUT2D eigenvalue weighted by Gasteiger charge is 2.30. The summed E-state index contributed by atoms with van der Waals surface area (Å²) in [6, 6.07) is 15.4. The normalized spacial score (nSPS) is 14.3. The topological polar surface area (TPSA) is 110 Å². The molecule has 0 radical (unpaired) electrons. The molecule has 1 heterocycles. The van der Waals surface area contributed by atoms with Crippen molar-refractivity contribution < 1.29 is 14.3 Å². The van der Waals surface area contributed by atoms with Crippen molar-refractivity contribution in [3.8, 4) is 0 Å². The molecule has 4 rings (SSSR count). The molecule has 3 aromatic rings. The van der Waals surface area contributed by atoms with Gasteiger partial charge in [-0.25, -0.2) is 4.68 Å². The highest BCUT2D eigenvalue weighted by Crippen LogP contribution is 2.23. The summed E-state index contributed by atoms with van der Waals surface area (Å²) in [6.45, 7) is -0.0660. The molecule has 1 aliphatic rings. The Bertz CT molecular complexity index is 1190. The molecule has 30 heavy (non-hydrogen) atoms. The number of carbonyl (C=O) groups is 2. The molecule has 0 saturated heterocycles. The molecule has 2 aromatic carbocycles. The number of nitrogens with zero attached hydrogens (tertiary/aromatic N) is 1. The van der Waals surface area contributed by atoms with E-state index in [-0.39, 0.29) is 30.3 Å². The Morgan fingerprint density at radius 2 is 1.70 bits per heavy atom. The Morgan fingerprint density at radius 3 is 2.40 bits per heavy atom. The lowest BCUT2D eigenvalue weighted by Crippen LogP contribution is -2.34. The largest absolute Gasteiger partial charge is 0.447 e. The van der Waals surface area contributed by atoms with E-state index < -0.39 is 23.2 Å². The summed E-state index contributed by atoms with van der Waals surface area (Å²) < 4.78 is 6.54. The number of aromatic amines is 1. The molecule has 8 heteroatoms. The molecular weight excluding hydrogens is 386 g/mol. The number of fused-ring (bicyclic) bond motifs is 1. The highest BCUT2D eigenvalue weighted by atomic mass is 16.5. The molecule has 0 spiro atoms. The summed E-state index contributed by atoms with van der Waals surface area (Å²) in [7, 11) is 0. The van der Waals surface area contributed by atoms with Crippen LogP contribution in [0.5, 0.6) is 0 Å². The van der Waals surface area contributed by atoms with Crippen LogP contribution in [0.15, 0.2) is 64.2 Å². The number of aryl methyl sites for hydroxylation is 1. The van der Waals surface area contributed by atoms with Gasteiger partial charge in [0.25, 0.3) is 17.0 Å². The van der Waals surface area contributed by atoms with Crippen molar-refractivity contribution in [1.82, 2.24) is 15.1 Å². The maximum Gasteiger partial charge on any atom is 0.308 e. The van der Waals surface area contributed by atoms with Crippen molar-refractivity contribution in [2.45, 2.75) is 38.0 Å². The summed E-state index contributed by atoms with van der Waals surface area (Å²) >= 11 is 0. The van der Waals surface area contributed by atoms with Gasteiger partial charge in [0.2, 0.25) is 6.10 Å². The second kappa shape index (κ2) is 8.36. The molecule has 0 aliphatic heterocycles. The van der Waals surface area contributed by atoms with Gasteiger partial charge in [-0.1, -0.05) is 42.5 Å². The Labute approximate surface area is 171 Å². The van der Waals surface area contributed by atoms with E-state index in [9.17, 15) is 19.2 Å². The molecule has 1 atom stereocenters. The van der Waals surface area contributed by atoms with Crippen LogP contribution in [0, 0.1) is 0 Å². The predicted octanol–water partition coefficient (Wildman–Crippen LogP) is 1.64. The van der Waals surface area contributed by atoms with Crippen LogP contribution in [0.3, 0.4) is 0 Å². The lowest BCUT2D eigenvalue weighted by molar-refractivity contribution is -0.156. The van der Waals surface area contributed by atoms with Gasteiger partial charge in [0.05, 0.1) is 23.7 Å². The van der Waals surface area contributed by atoms with Crippen LogP contribution in [0.25, 0.3) is 10.8 Å². The average Bonchev–Trinajstić information content (AvgIpc) is 3.58. The second-order valence-electron chi connectivity index (χ2n) is 7.26. The lowest BCUT2D eigenvalue weighted by atomic mass is 10.1. The zero-order valence-electron chi connectivity index (χ0n) is 16.2. The molecule has 2 N–H and O–H groups in total. The van der Waals surface area contributed by atoms with Crippen molar-refractivity contribution in [2.24, 2.45) is 0 Å². The van der Waals surface area contributed by atoms with E-state index in [1.807, 2.05) is 6.07 Å². The molecule has 1 aliphatic carbocycles. The van der Waals surface area contributed by atoms with Crippen molar-refractivity contribution in [3.05, 3.63) is 80.9 Å². The van der Waals surface area contributed by atoms with Crippen LogP contribution in [-0.4, -0.2) is 27.7 Å². The summed E-state index contributed by atoms with van der Waals surface area (Å²) in [6.07, 6.45) is 0.597. The van der Waals surface area contributed by atoms with Crippen LogP contribution in [0.1, 0.15) is 30.9 Å². The first-order chi connectivity index (χ1) is 14.5. The smallest absolute Gasteiger partial charge is 0.308 e. The number of amides is 1. The minimum absolute atomic E-state index is 0.0660. The zero-order valence-corrected chi connectivity index (χ0v) is 16.2. The molecule has 1 aromatic heterocycles. The SMILES string of the molecule is O=C(CCn1[nH]c(=O)c2ccccc2c1=O)O[C@@H](C(=O)NC1CC1)c1ccccc1. The molecule has 8 nitrogen and oxygen atoms in total. The Morgan fingerprint density at radius 1 is 1.03 bits per heavy atom. The van der Waals surface area contributed by atoms with E-state index in [1.165, 1.54) is 0 Å². The number of hydrogen-bond acceptors (Lipinski definition) is 5. The van der Waals surface area contributed by atoms with Gasteiger partial charge in [-0.15, -0.1) is 0 Å². The van der Waals surface area contributed by atoms with Gasteiger partial charge < -0.3 is 10.1 Å². The Balaban J connectivity index is 1.48. The molecular formula is C22H21N3O5. The van der Waals surface area contributed by atoms with Crippen LogP contribution in [0.4, 0.5) is 0 Å². The standard InChI is InChI=1S/C22H21N3O5/c26-18(12-13-25-22(29)17-9-5-4-8-16(17)20(27)24-25)30-19(14-6-2-1-3-7-14)21(28)23-15-10-11-15/h1-9,15,19H,10-13H2,(H,23,28)(H,24,27)/t19-/m1/s1. The van der Waals surface area contributed by atoms with Gasteiger partial charge in [0, 0.05) is 11.6 Å². The van der Waals surface area contributed by atoms with Gasteiger partial charge in [0.1, 0.15) is 0 Å². The van der Waals surface area contributed by atoms with Gasteiger partial charge >= 0.3 is 5.97 Å². The number of H-pyrrole nitrogens is 1. The number of rotatable bonds is 7. The maximum absolute atomic E-state index is 12.6. The summed E-state index contributed by atoms with van der Waals surface area (Å²) in [5.74, 6) is -1.01. The van der Waals surface area contributed by atoms with Gasteiger partial charge in [-0.05, 0) is 25.0 Å². The van der Waals surface area contributed by atoms with E-state index in [0.29, 0.717) is 10.9 Å². The predicted molar refractivity (Wildman–Crippen MR) is 110 cm³/mol. The third-order valence-corrected chi connectivity index (χ3v) is 4.94. The fourth-order valence-electron chi connectivity index (χ4n) is 3.20. The molecule has 1 fully saturated rings. The van der Waals surface area contributed by atoms with E-state index in [1.54, 1.807) is 48.5 Å². The van der Waals surface area contributed by atoms with Crippen LogP contribution in [0.2, 0.25) is 0 Å². The number of carbonyl (C=O) groups excluding carboxylic acids is 2. The number of ether oxygens (including phenoxy) is 1. The van der Waals surface area contributed by atoms with Gasteiger partial charge in [0.15, 0.2) is 0 Å². The molecule has 1 saturated carbocycles. The van der Waals surface area contributed by atoms with Crippen molar-refractivity contribution in [3.63, 3.8) is 0 Å². The lowest BCUT2D eigenvalue weighted by Gasteiger charge is -2.18. The minimum Gasteiger partial charge on any atom is -0.447 e. The first-order valence-corrected chi connectivity index (χ1v) is 9.79. The van der Waals surface area contributed by atoms with Crippen LogP contribution < -0.4 is 16.4 Å². The maximum atomic E-state index is 12.6. The molecule has 0 bridgehead atoms. The van der Waals surface area contributed by atoms with Crippen LogP contribution in [-0.2, 0) is 20.9 Å². The molecule has 1 amide bonds. The van der Waals surface area contributed by atoms with E-state index in [4.69, 9.17) is 4.74 Å². The summed E-state index contributed by atoms with van der Waals surface area (Å²) in [5.41, 5.74) is -0.242. The third-order valence-electron chi connectivity index (χ3n) is 4.94. The van der Waals surface area contributed by atoms with Crippen LogP contribution >= 0.6 is 0 Å². The summed E-state index contributed by atoms with van der Waals surface area (Å²) in [5, 5.41) is 5.90. The van der Waals surface area contributed by atoms with E-state index in [0.717, 1.165) is 17.5 Å². The first-order valence-electron chi connectivity index (χ1n) is 9.79. The van der Waals surface area contributed by atoms with Crippen molar-refractivity contribution in [2.75, 3.05) is 0 Å². The van der Waals surface area contributed by atoms with Crippen molar-refractivity contribution in [1.29, 1.82) is 0 Å². The van der Waals surface area contributed by atoms with Gasteiger partial charge in [-0.2, -0.15) is 0 Å². The quantitative estimate of drug-likeness (QED) is 0.579. The zero-order chi connectivity index (χ0) is 21.1. The number of esters is 1. The fourth-order valence-corrected chi connectivity index (χ4v) is 3.20. The van der Waals surface area contributed by atoms with Crippen molar-refractivity contribution >= 4 is 22.6 Å². The fraction of sp³-hybridized carbons (Fsp3) is 0.273. The summed E-state index contributed by atoms with van der Waals surface area (Å²) in [4.78, 5) is 49.7. The van der Waals surface area contributed by atoms with E-state index >= 15 is 0 Å². The third kappa shape index (κ3) is 4.32. The number of nitrogens with one attached hydrogen (secondary N) is 2. The molecule has 154 valence electrons.